The number of hydrogen-bond donors (Lipinski definition) is 2. The second kappa shape index (κ2) is 9.46. The van der Waals surface area contributed by atoms with E-state index in [9.17, 15) is 23.9 Å². The van der Waals surface area contributed by atoms with Crippen LogP contribution in [0.3, 0.4) is 0 Å². The van der Waals surface area contributed by atoms with E-state index < -0.39 is 17.7 Å². The third-order valence-electron chi connectivity index (χ3n) is 6.62. The Morgan fingerprint density at radius 3 is 2.66 bits per heavy atom. The number of aliphatic hydroxyl groups is 1. The predicted octanol–water partition coefficient (Wildman–Crippen LogP) is 2.79. The first-order chi connectivity index (χ1) is 15.4. The first-order valence-corrected chi connectivity index (χ1v) is 11.1. The lowest BCUT2D eigenvalue weighted by molar-refractivity contribution is 0.129. The number of halogens is 2. The van der Waals surface area contributed by atoms with Gasteiger partial charge >= 0.3 is 0 Å². The lowest BCUT2D eigenvalue weighted by Gasteiger charge is -2.32. The number of oxime groups is 1. The van der Waals surface area contributed by atoms with E-state index in [0.717, 1.165) is 18.6 Å². The van der Waals surface area contributed by atoms with Gasteiger partial charge in [-0.15, -0.1) is 0 Å². The van der Waals surface area contributed by atoms with Gasteiger partial charge in [0.15, 0.2) is 0 Å². The fraction of sp³-hybridized carbons (Fsp3) is 0.522. The number of aliphatic hydroxyl groups excluding tert-OH is 1. The number of hydrogen-bond acceptors (Lipinski definition) is 6. The van der Waals surface area contributed by atoms with E-state index in [-0.39, 0.29) is 22.8 Å². The second-order valence-electron chi connectivity index (χ2n) is 8.62. The van der Waals surface area contributed by atoms with E-state index in [1.54, 1.807) is 4.57 Å². The molecular formula is C23H28F2N4O3. The molecule has 172 valence electrons. The number of benzene rings is 1. The molecular weight excluding hydrogens is 418 g/mol. The van der Waals surface area contributed by atoms with Crippen LogP contribution in [0.1, 0.15) is 54.4 Å². The van der Waals surface area contributed by atoms with Crippen LogP contribution in [-0.2, 0) is 13.0 Å². The Balaban J connectivity index is 1.39. The minimum absolute atomic E-state index is 0.0670. The van der Waals surface area contributed by atoms with Crippen LogP contribution in [-0.4, -0.2) is 50.1 Å². The molecule has 0 saturated carbocycles. The zero-order valence-electron chi connectivity index (χ0n) is 18.1. The summed E-state index contributed by atoms with van der Waals surface area (Å²) in [7, 11) is 0. The van der Waals surface area contributed by atoms with Gasteiger partial charge in [-0.05, 0) is 64.3 Å². The molecule has 32 heavy (non-hydrogen) atoms. The van der Waals surface area contributed by atoms with E-state index in [2.05, 4.69) is 15.0 Å². The van der Waals surface area contributed by atoms with Gasteiger partial charge in [0.25, 0.3) is 5.56 Å². The maximum absolute atomic E-state index is 14.2. The zero-order chi connectivity index (χ0) is 22.8. The first-order valence-electron chi connectivity index (χ1n) is 11.1. The largest absolute Gasteiger partial charge is 0.411 e. The Labute approximate surface area is 185 Å². The number of aryl methyl sites for hydroxylation is 1. The number of piperidine rings is 1. The van der Waals surface area contributed by atoms with Gasteiger partial charge in [-0.2, -0.15) is 0 Å². The van der Waals surface area contributed by atoms with Crippen LogP contribution in [0, 0.1) is 24.5 Å². The van der Waals surface area contributed by atoms with Gasteiger partial charge in [-0.25, -0.2) is 13.8 Å². The minimum atomic E-state index is -0.735. The van der Waals surface area contributed by atoms with Crippen molar-refractivity contribution < 1.29 is 19.1 Å². The fourth-order valence-electron chi connectivity index (χ4n) is 4.80. The molecule has 2 aliphatic heterocycles. The summed E-state index contributed by atoms with van der Waals surface area (Å²) < 4.78 is 29.0. The first kappa shape index (κ1) is 22.5. The highest BCUT2D eigenvalue weighted by molar-refractivity contribution is 6.02. The monoisotopic (exact) mass is 446 g/mol. The van der Waals surface area contributed by atoms with Crippen LogP contribution in [0.5, 0.6) is 0 Å². The highest BCUT2D eigenvalue weighted by Gasteiger charge is 2.28. The summed E-state index contributed by atoms with van der Waals surface area (Å²) in [5.74, 6) is -1.07. The molecule has 0 radical (unpaired) electrons. The molecule has 2 aromatic rings. The van der Waals surface area contributed by atoms with Crippen molar-refractivity contribution in [2.24, 2.45) is 11.1 Å². The van der Waals surface area contributed by atoms with Crippen LogP contribution in [0.15, 0.2) is 28.1 Å². The predicted molar refractivity (Wildman–Crippen MR) is 115 cm³/mol. The number of likely N-dealkylation sites (tertiary alicyclic amines) is 1. The molecule has 0 spiro atoms. The van der Waals surface area contributed by atoms with Crippen LogP contribution >= 0.6 is 0 Å². The summed E-state index contributed by atoms with van der Waals surface area (Å²) in [5.41, 5.74) is 1.64. The Morgan fingerprint density at radius 1 is 1.22 bits per heavy atom. The van der Waals surface area contributed by atoms with Crippen LogP contribution in [0.4, 0.5) is 8.78 Å². The quantitative estimate of drug-likeness (QED) is 0.419. The smallest absolute Gasteiger partial charge is 0.257 e. The van der Waals surface area contributed by atoms with Crippen molar-refractivity contribution in [3.8, 4) is 0 Å². The van der Waals surface area contributed by atoms with Crippen molar-refractivity contribution in [1.29, 1.82) is 0 Å². The molecule has 1 saturated heterocycles. The molecule has 1 aromatic carbocycles. The molecule has 0 aliphatic carbocycles. The van der Waals surface area contributed by atoms with Crippen molar-refractivity contribution in [2.75, 3.05) is 19.6 Å². The van der Waals surface area contributed by atoms with Gasteiger partial charge in [-0.1, -0.05) is 5.16 Å². The number of nitrogens with zero attached hydrogens (tertiary/aromatic N) is 4. The molecule has 1 fully saturated rings. The second-order valence-corrected chi connectivity index (χ2v) is 8.62. The molecule has 4 rings (SSSR count). The van der Waals surface area contributed by atoms with Crippen LogP contribution in [0.2, 0.25) is 0 Å². The molecule has 0 amide bonds. The summed E-state index contributed by atoms with van der Waals surface area (Å²) in [6.07, 6.45) is 2.60. The topological polar surface area (TPSA) is 91.0 Å². The van der Waals surface area contributed by atoms with Crippen molar-refractivity contribution in [3.05, 3.63) is 62.8 Å². The molecule has 1 unspecified atom stereocenters. The van der Waals surface area contributed by atoms with Gasteiger partial charge < -0.3 is 15.2 Å². The Bertz CT molecular complexity index is 1080. The van der Waals surface area contributed by atoms with Gasteiger partial charge in [0.1, 0.15) is 23.6 Å². The average molecular weight is 446 g/mol. The summed E-state index contributed by atoms with van der Waals surface area (Å²) in [6, 6.07) is 3.26. The molecule has 0 bridgehead atoms. The third kappa shape index (κ3) is 4.45. The maximum atomic E-state index is 14.2. The molecule has 7 nitrogen and oxygen atoms in total. The highest BCUT2D eigenvalue weighted by Crippen LogP contribution is 2.25. The Morgan fingerprint density at radius 2 is 1.97 bits per heavy atom. The lowest BCUT2D eigenvalue weighted by atomic mass is 9.88. The Hall–Kier alpha value is -2.65. The summed E-state index contributed by atoms with van der Waals surface area (Å²) in [5, 5.41) is 22.9. The highest BCUT2D eigenvalue weighted by atomic mass is 19.1. The normalized spacial score (nSPS) is 20.4. The van der Waals surface area contributed by atoms with Crippen molar-refractivity contribution in [3.63, 3.8) is 0 Å². The molecule has 9 heteroatoms. The van der Waals surface area contributed by atoms with Crippen LogP contribution in [0.25, 0.3) is 0 Å². The third-order valence-corrected chi connectivity index (χ3v) is 6.62. The van der Waals surface area contributed by atoms with E-state index >= 15 is 0 Å². The van der Waals surface area contributed by atoms with Crippen LogP contribution < -0.4 is 5.56 Å². The standard InChI is InChI=1S/C23H28F2N4O3/c1-14-17(23(31)29-9-2-3-20(30)22(29)26-14)8-12-28-10-6-15(7-11-28)21(27-32)18-5-4-16(24)13-19(18)25/h4-5,13,15,20,30,32H,2-3,6-12H2,1H3/b27-21+. The van der Waals surface area contributed by atoms with E-state index in [1.807, 2.05) is 6.92 Å². The average Bonchev–Trinajstić information content (AvgIpc) is 2.77. The number of fused-ring (bicyclic) bond motifs is 1. The fourth-order valence-corrected chi connectivity index (χ4v) is 4.80. The van der Waals surface area contributed by atoms with Gasteiger partial charge in [0.05, 0.1) is 5.71 Å². The number of aromatic nitrogens is 2. The molecule has 1 aromatic heterocycles. The molecule has 3 heterocycles. The maximum Gasteiger partial charge on any atom is 0.257 e. The molecule has 1 atom stereocenters. The Kier molecular flexibility index (Phi) is 6.66. The van der Waals surface area contributed by atoms with Crippen molar-refractivity contribution in [2.45, 2.75) is 51.7 Å². The minimum Gasteiger partial charge on any atom is -0.411 e. The summed E-state index contributed by atoms with van der Waals surface area (Å²) >= 11 is 0. The summed E-state index contributed by atoms with van der Waals surface area (Å²) in [4.78, 5) is 19.7. The van der Waals surface area contributed by atoms with E-state index in [1.165, 1.54) is 6.07 Å². The number of rotatable bonds is 5. The van der Waals surface area contributed by atoms with E-state index in [0.29, 0.717) is 68.9 Å². The van der Waals surface area contributed by atoms with Crippen molar-refractivity contribution in [1.82, 2.24) is 14.5 Å². The van der Waals surface area contributed by atoms with E-state index in [4.69, 9.17) is 0 Å². The van der Waals surface area contributed by atoms with Crippen molar-refractivity contribution >= 4 is 5.71 Å². The SMILES string of the molecule is Cc1nc2n(c(=O)c1CCN1CCC(/C(=N\O)c3ccc(F)cc3F)CC1)CCCC2O. The lowest BCUT2D eigenvalue weighted by Crippen LogP contribution is -2.39. The zero-order valence-corrected chi connectivity index (χ0v) is 18.1. The molecule has 2 N–H and O–H groups in total. The molecule has 2 aliphatic rings. The van der Waals surface area contributed by atoms with Gasteiger partial charge in [-0.3, -0.25) is 9.36 Å². The van der Waals surface area contributed by atoms with Gasteiger partial charge in [0.2, 0.25) is 0 Å². The summed E-state index contributed by atoms with van der Waals surface area (Å²) in [6.45, 7) is 4.50. The van der Waals surface area contributed by atoms with Gasteiger partial charge in [0, 0.05) is 41.9 Å².